The number of nitriles is 1. The lowest BCUT2D eigenvalue weighted by atomic mass is 9.70. The van der Waals surface area contributed by atoms with Gasteiger partial charge in [0.05, 0.1) is 17.0 Å². The molecule has 0 saturated heterocycles. The van der Waals surface area contributed by atoms with Crippen LogP contribution in [0, 0.1) is 11.3 Å². The number of para-hydroxylation sites is 1. The van der Waals surface area contributed by atoms with Crippen molar-refractivity contribution in [2.75, 3.05) is 4.90 Å². The topological polar surface area (TPSA) is 44.1 Å². The molecule has 0 N–H and O–H groups in total. The van der Waals surface area contributed by atoms with E-state index in [1.165, 1.54) is 55.6 Å². The number of hydrogen-bond acceptors (Lipinski definition) is 4. The van der Waals surface area contributed by atoms with Gasteiger partial charge in [-0.15, -0.1) is 11.3 Å². The van der Waals surface area contributed by atoms with Gasteiger partial charge in [0.25, 0.3) is 0 Å². The van der Waals surface area contributed by atoms with Gasteiger partial charge in [0, 0.05) is 42.6 Å². The molecule has 3 nitrogen and oxygen atoms in total. The fourth-order valence-electron chi connectivity index (χ4n) is 10.5. The maximum atomic E-state index is 14.4. The monoisotopic (exact) mass is 758 g/mol. The Morgan fingerprint density at radius 3 is 1.69 bits per heavy atom. The van der Waals surface area contributed by atoms with E-state index in [0.717, 1.165) is 37.6 Å². The summed E-state index contributed by atoms with van der Waals surface area (Å²) in [6.45, 7) is 4.67. The average Bonchev–Trinajstić information content (AvgIpc) is 3.81. The zero-order valence-electron chi connectivity index (χ0n) is 31.9. The van der Waals surface area contributed by atoms with Crippen LogP contribution in [-0.2, 0) is 10.8 Å². The Bertz CT molecular complexity index is 3370. The smallest absolute Gasteiger partial charge is 0.195 e. The number of nitrogens with zero attached hydrogens (tertiary/aromatic N) is 2. The van der Waals surface area contributed by atoms with Gasteiger partial charge in [-0.25, -0.2) is 0 Å². The molecule has 1 aromatic heterocycles. The van der Waals surface area contributed by atoms with Gasteiger partial charge in [0.2, 0.25) is 0 Å². The first-order chi connectivity index (χ1) is 28.4. The Labute approximate surface area is 340 Å². The van der Waals surface area contributed by atoms with E-state index in [1.807, 2.05) is 12.1 Å². The van der Waals surface area contributed by atoms with Crippen LogP contribution in [-0.4, -0.2) is 0 Å². The molecule has 1 heterocycles. The summed E-state index contributed by atoms with van der Waals surface area (Å²) in [6, 6.07) is 63.1. The predicted octanol–water partition coefficient (Wildman–Crippen LogP) is 13.4. The summed E-state index contributed by atoms with van der Waals surface area (Å²) in [5.41, 5.74) is 17.9. The minimum Gasteiger partial charge on any atom is -0.310 e. The molecule has 0 bridgehead atoms. The standard InChI is InChI=1S/C54H34N2OS/c1-53(2)44-17-9-6-14-36(44)39-24-21-34(27-47(39)53)56(33-12-4-3-5-13-33)35-22-25-40-37-15-7-10-18-45(37)54(48(40)28-35)46-19-11-8-16-38(46)42-30-51-43(29-49(42)54)52(57)41-23-20-32(31-55)26-50(41)58-51/h3-30H,1-2H3. The lowest BCUT2D eigenvalue weighted by Crippen LogP contribution is -2.26. The summed E-state index contributed by atoms with van der Waals surface area (Å²) < 4.78 is 1.76. The van der Waals surface area contributed by atoms with Crippen molar-refractivity contribution in [1.29, 1.82) is 5.26 Å². The second-order valence-electron chi connectivity index (χ2n) is 16.3. The van der Waals surface area contributed by atoms with Crippen molar-refractivity contribution in [3.63, 3.8) is 0 Å². The van der Waals surface area contributed by atoms with E-state index in [1.54, 1.807) is 17.4 Å². The highest BCUT2D eigenvalue weighted by molar-refractivity contribution is 7.24. The molecule has 0 aliphatic heterocycles. The van der Waals surface area contributed by atoms with E-state index in [9.17, 15) is 10.1 Å². The van der Waals surface area contributed by atoms with Crippen LogP contribution >= 0.6 is 11.3 Å². The molecule has 0 radical (unpaired) electrons. The molecule has 1 spiro atoms. The van der Waals surface area contributed by atoms with E-state index in [0.29, 0.717) is 16.3 Å². The first-order valence-electron chi connectivity index (χ1n) is 19.8. The van der Waals surface area contributed by atoms with E-state index < -0.39 is 5.41 Å². The van der Waals surface area contributed by atoms with Crippen LogP contribution < -0.4 is 10.3 Å². The summed E-state index contributed by atoms with van der Waals surface area (Å²) in [5, 5.41) is 11.0. The summed E-state index contributed by atoms with van der Waals surface area (Å²) in [5.74, 6) is 0. The second kappa shape index (κ2) is 11.7. The molecule has 3 aliphatic rings. The highest BCUT2D eigenvalue weighted by atomic mass is 32.1. The summed E-state index contributed by atoms with van der Waals surface area (Å²) in [4.78, 5) is 16.8. The zero-order valence-corrected chi connectivity index (χ0v) is 32.7. The van der Waals surface area contributed by atoms with Crippen LogP contribution in [0.25, 0.3) is 53.6 Å². The molecule has 4 heteroatoms. The van der Waals surface area contributed by atoms with Crippen LogP contribution in [0.5, 0.6) is 0 Å². The summed E-state index contributed by atoms with van der Waals surface area (Å²) >= 11 is 1.59. The number of rotatable bonds is 3. The molecule has 1 atom stereocenters. The fourth-order valence-corrected chi connectivity index (χ4v) is 11.7. The normalized spacial score (nSPS) is 16.0. The number of benzene rings is 8. The molecule has 8 aromatic carbocycles. The van der Waals surface area contributed by atoms with Crippen LogP contribution in [0.15, 0.2) is 175 Å². The largest absolute Gasteiger partial charge is 0.310 e. The van der Waals surface area contributed by atoms with Crippen molar-refractivity contribution in [2.45, 2.75) is 24.7 Å². The minimum absolute atomic E-state index is 0.000612. The summed E-state index contributed by atoms with van der Waals surface area (Å²) in [7, 11) is 0. The first-order valence-corrected chi connectivity index (χ1v) is 20.6. The minimum atomic E-state index is -0.650. The molecule has 58 heavy (non-hydrogen) atoms. The van der Waals surface area contributed by atoms with Gasteiger partial charge in [-0.3, -0.25) is 4.79 Å². The number of fused-ring (bicyclic) bond motifs is 15. The van der Waals surface area contributed by atoms with E-state index in [2.05, 4.69) is 176 Å². The maximum absolute atomic E-state index is 14.4. The Morgan fingerprint density at radius 1 is 0.466 bits per heavy atom. The molecular formula is C54H34N2OS. The molecule has 9 aromatic rings. The molecule has 3 aliphatic carbocycles. The predicted molar refractivity (Wildman–Crippen MR) is 239 cm³/mol. The molecular weight excluding hydrogens is 725 g/mol. The van der Waals surface area contributed by atoms with Gasteiger partial charge in [-0.05, 0) is 133 Å². The Morgan fingerprint density at radius 2 is 1.00 bits per heavy atom. The van der Waals surface area contributed by atoms with Gasteiger partial charge in [0.1, 0.15) is 0 Å². The second-order valence-corrected chi connectivity index (χ2v) is 17.4. The van der Waals surface area contributed by atoms with Crippen LogP contribution in [0.1, 0.15) is 52.8 Å². The van der Waals surface area contributed by atoms with Crippen molar-refractivity contribution in [1.82, 2.24) is 0 Å². The third-order valence-electron chi connectivity index (χ3n) is 13.1. The van der Waals surface area contributed by atoms with Crippen molar-refractivity contribution >= 4 is 48.6 Å². The van der Waals surface area contributed by atoms with E-state index in [4.69, 9.17) is 0 Å². The Kier molecular flexibility index (Phi) is 6.70. The van der Waals surface area contributed by atoms with Crippen molar-refractivity contribution in [3.8, 4) is 39.4 Å². The van der Waals surface area contributed by atoms with E-state index in [-0.39, 0.29) is 10.8 Å². The zero-order chi connectivity index (χ0) is 38.9. The van der Waals surface area contributed by atoms with Crippen molar-refractivity contribution < 1.29 is 0 Å². The molecule has 0 fully saturated rings. The average molecular weight is 759 g/mol. The van der Waals surface area contributed by atoms with E-state index >= 15 is 0 Å². The third-order valence-corrected chi connectivity index (χ3v) is 14.2. The molecule has 0 saturated carbocycles. The van der Waals surface area contributed by atoms with Gasteiger partial charge >= 0.3 is 0 Å². The lowest BCUT2D eigenvalue weighted by Gasteiger charge is -2.32. The van der Waals surface area contributed by atoms with Crippen LogP contribution in [0.2, 0.25) is 0 Å². The lowest BCUT2D eigenvalue weighted by molar-refractivity contribution is 0.660. The SMILES string of the molecule is CC1(C)c2ccccc2-c2ccc(N(c3ccccc3)c3ccc4c(c3)C3(c5ccccc5-4)c4ccccc4-c4cc5sc6cc(C#N)ccc6c(=O)c5cc43)cc21. The maximum Gasteiger partial charge on any atom is 0.195 e. The highest BCUT2D eigenvalue weighted by Gasteiger charge is 2.52. The van der Waals surface area contributed by atoms with Crippen LogP contribution in [0.3, 0.4) is 0 Å². The Balaban J connectivity index is 1.13. The summed E-state index contributed by atoms with van der Waals surface area (Å²) in [6.07, 6.45) is 0. The van der Waals surface area contributed by atoms with Gasteiger partial charge < -0.3 is 4.90 Å². The van der Waals surface area contributed by atoms with Gasteiger partial charge in [-0.2, -0.15) is 5.26 Å². The van der Waals surface area contributed by atoms with Gasteiger partial charge in [0.15, 0.2) is 5.43 Å². The van der Waals surface area contributed by atoms with Crippen molar-refractivity contribution in [3.05, 3.63) is 219 Å². The quantitative estimate of drug-likeness (QED) is 0.169. The fraction of sp³-hybridized carbons (Fsp3) is 0.0741. The molecule has 12 rings (SSSR count). The van der Waals surface area contributed by atoms with Gasteiger partial charge in [-0.1, -0.05) is 117 Å². The third kappa shape index (κ3) is 4.24. The Hall–Kier alpha value is -7.06. The van der Waals surface area contributed by atoms with Crippen molar-refractivity contribution in [2.24, 2.45) is 0 Å². The molecule has 272 valence electrons. The first kappa shape index (κ1) is 33.1. The number of anilines is 3. The highest BCUT2D eigenvalue weighted by Crippen LogP contribution is 2.64. The molecule has 1 unspecified atom stereocenters. The number of hydrogen-bond donors (Lipinski definition) is 0. The molecule has 0 amide bonds. The van der Waals surface area contributed by atoms with Crippen LogP contribution in [0.4, 0.5) is 17.1 Å².